The van der Waals surface area contributed by atoms with Crippen molar-refractivity contribution in [2.24, 2.45) is 15.8 Å². The van der Waals surface area contributed by atoms with E-state index in [0.29, 0.717) is 83.6 Å². The van der Waals surface area contributed by atoms with Gasteiger partial charge in [-0.15, -0.1) is 79.4 Å². The molecule has 18 N–H and O–H groups in total. The molecule has 629 valence electrons. The number of nitrogens with zero attached hydrogens (tertiary/aromatic N) is 11. The first-order chi connectivity index (χ1) is 57.5. The third kappa shape index (κ3) is 30.7. The van der Waals surface area contributed by atoms with E-state index in [2.05, 4.69) is 185 Å². The number of non-ortho nitro benzene ring substituents is 2. The van der Waals surface area contributed by atoms with E-state index in [1.54, 1.807) is 53.2 Å². The Kier molecular flexibility index (Phi) is 41.1. The van der Waals surface area contributed by atoms with Gasteiger partial charge < -0.3 is 49.8 Å². The van der Waals surface area contributed by atoms with Crippen molar-refractivity contribution in [1.82, 2.24) is 41.0 Å². The molecule has 1 radical (unpaired) electrons. The van der Waals surface area contributed by atoms with E-state index in [4.69, 9.17) is 78.8 Å². The number of aromatic nitrogens is 7. The van der Waals surface area contributed by atoms with E-state index in [1.807, 2.05) is 41.8 Å². The third-order valence-electron chi connectivity index (χ3n) is 14.2. The molecule has 35 nitrogen and oxygen atoms in total. The number of halogens is 9. The van der Waals surface area contributed by atoms with Crippen LogP contribution in [0.4, 0.5) is 28.8 Å². The summed E-state index contributed by atoms with van der Waals surface area (Å²) in [6.45, 7) is 0. The minimum absolute atomic E-state index is 0. The van der Waals surface area contributed by atoms with Crippen LogP contribution in [-0.2, 0) is 19.7 Å². The van der Waals surface area contributed by atoms with E-state index >= 15 is 0 Å². The van der Waals surface area contributed by atoms with Crippen LogP contribution in [0.2, 0.25) is 5.15 Å². The summed E-state index contributed by atoms with van der Waals surface area (Å²) in [5.74, 6) is 0.0811. The number of benzene rings is 2. The van der Waals surface area contributed by atoms with Gasteiger partial charge in [-0.05, 0) is 172 Å². The standard InChI is InChI=1S/C14H10N4O3S.C8H2BrClN2S.C8H6BrN3OS.C8H4BrN3S.C8H3BrN2OS.C8H4N2OS.C7H4BrNOS.C6H4BNO3.BHNS.Cl3OP.H3N.H2O4S/c15-13-9-5-11(7-2-1-3-8(4-7)18(20)21)22-12(9)10(6-17-13)14(16)19;9-6-1-5-7(13-6)4(2-11)3-12-8(5)10;9-5-1-3-6(14-5)4(8(11)13)2-12-7(3)10;9-6-1-5-7(13-6)4(2-10)3-12-8(5)11;9-6-1-5-7(13-6)4(2-10)3-11-8(5)12;9-3-5-4-10-8(11)6-1-2-12-7(5)6;8-5-3-9-7(10)4-1-2-11-6(4)5;9-7-5-2-1-3-6(4-5)8(10)11;1-2-3;1-5(2,3)4;;1-5(2,3)4/h1-6H,(H2,15,17)(H2,16,19);1,3H;1-2H,(H2,10,12)(H2,11,13);1,3H,(H2,11,12);1,3H,(H,11,12);1-2,4H,(H,10,11);1-3H,(H,9,10);1-4H;3H;;1H3;(H2,1,2,3,4). The fourth-order valence-corrected chi connectivity index (χ4v) is 19.3. The molecule has 123 heavy (non-hydrogen) atoms. The third-order valence-corrected chi connectivity index (χ3v) is 25.2. The SMILES string of the molecule is N.N#Cc1c[nH]c(=O)c2cc(Br)sc12.N#Cc1c[nH]c(=O)c2ccsc12.N#Cc1cnc(Cl)c2cc(Br)sc12.N#Cc1cnc(N)c2cc(Br)sc12.NC(=O)c1cnc(N)c2cc(-c3cccc([N+](=O)[O-])c3)sc12.NC(=O)c1cnc(N)c2cc(Br)sc12.O=Bc1cccc([N+](=O)[O-])c1.O=P(Cl)(Cl)Cl.O=S(=O)(O)O.O=c1[nH]cc(Br)c2sccc12.[B]=NS. The Morgan fingerprint density at radius 2 is 0.911 bits per heavy atom. The number of carbonyl (C=O) groups is 2. The summed E-state index contributed by atoms with van der Waals surface area (Å²) in [6, 6.07) is 32.6. The van der Waals surface area contributed by atoms with Crippen molar-refractivity contribution >= 4 is 364 Å². The molecule has 0 aliphatic carbocycles. The molecule has 0 spiro atoms. The second kappa shape index (κ2) is 48.6. The van der Waals surface area contributed by atoms with Crippen molar-refractivity contribution < 1.29 is 46.2 Å². The summed E-state index contributed by atoms with van der Waals surface area (Å²) in [6.07, 6.45) is 10.3. The van der Waals surface area contributed by atoms with Gasteiger partial charge in [0.1, 0.15) is 46.9 Å². The number of amides is 2. The zero-order valence-corrected chi connectivity index (χ0v) is 79.6. The van der Waals surface area contributed by atoms with Crippen molar-refractivity contribution in [2.75, 3.05) is 17.2 Å². The van der Waals surface area contributed by atoms with Gasteiger partial charge in [0, 0.05) is 81.9 Å². The first kappa shape index (κ1) is 104. The summed E-state index contributed by atoms with van der Waals surface area (Å²) in [7, 11) is 0.246. The molecule has 2 aromatic carbocycles. The van der Waals surface area contributed by atoms with E-state index in [0.717, 1.165) is 74.2 Å². The van der Waals surface area contributed by atoms with E-state index in [-0.39, 0.29) is 45.6 Å². The van der Waals surface area contributed by atoms with Crippen LogP contribution in [0.1, 0.15) is 43.0 Å². The molecule has 16 rings (SSSR count). The number of nitrogen functional groups attached to an aromatic ring is 3. The van der Waals surface area contributed by atoms with Gasteiger partial charge in [-0.3, -0.25) is 47.8 Å². The molecule has 0 saturated carbocycles. The first-order valence-corrected chi connectivity index (χ1v) is 47.7. The number of thiol groups is 1. The van der Waals surface area contributed by atoms with Crippen LogP contribution in [0.25, 0.3) is 81.0 Å². The zero-order chi connectivity index (χ0) is 90.8. The molecule has 14 heterocycles. The Morgan fingerprint density at radius 3 is 1.37 bits per heavy atom. The Hall–Kier alpha value is -9.59. The average molecular weight is 2250 g/mol. The number of thiophene rings is 7. The Bertz CT molecular complexity index is 7120. The number of primary amides is 2. The molecular formula is C67H43B2Br5Cl4N20O15PS9. The van der Waals surface area contributed by atoms with Crippen LogP contribution >= 0.6 is 222 Å². The second-order valence-electron chi connectivity index (χ2n) is 21.9. The molecule has 14 aromatic heterocycles. The van der Waals surface area contributed by atoms with Gasteiger partial charge in [0.25, 0.3) is 34.2 Å². The van der Waals surface area contributed by atoms with E-state index in [9.17, 15) is 53.5 Å². The van der Waals surface area contributed by atoms with Crippen LogP contribution < -0.4 is 57.0 Å². The zero-order valence-electron chi connectivity index (χ0n) is 60.3. The van der Waals surface area contributed by atoms with Gasteiger partial charge in [-0.2, -0.15) is 29.5 Å². The number of nitrogens with two attached hydrogens (primary N) is 5. The summed E-state index contributed by atoms with van der Waals surface area (Å²) in [4.78, 5) is 100. The second-order valence-corrected chi connectivity index (χ2v) is 43.5. The number of hydrogen-bond acceptors (Lipinski definition) is 34. The van der Waals surface area contributed by atoms with Gasteiger partial charge in [-0.25, -0.2) is 19.9 Å². The fourth-order valence-electron chi connectivity index (χ4n) is 9.27. The molecule has 16 aromatic rings. The predicted octanol–water partition coefficient (Wildman–Crippen LogP) is 19.2. The maximum absolute atomic E-state index is 11.5. The first-order valence-electron chi connectivity index (χ1n) is 31.3. The molecule has 0 aliphatic heterocycles. The molecule has 2 amide bonds. The fraction of sp³-hybridized carbons (Fsp3) is 0. The van der Waals surface area contributed by atoms with E-state index < -0.39 is 37.3 Å². The molecule has 0 saturated heterocycles. The van der Waals surface area contributed by atoms with Crippen LogP contribution in [0.15, 0.2) is 183 Å². The van der Waals surface area contributed by atoms with Crippen molar-refractivity contribution in [3.8, 4) is 34.7 Å². The number of pyridine rings is 7. The summed E-state index contributed by atoms with van der Waals surface area (Å²) in [5.41, 5.74) is 31.2. The van der Waals surface area contributed by atoms with E-state index in [1.165, 1.54) is 142 Å². The number of nitro benzene ring substituents is 2. The van der Waals surface area contributed by atoms with Crippen LogP contribution in [-0.4, -0.2) is 88.9 Å². The average Bonchev–Trinajstić information content (AvgIpc) is 1.60. The number of aromatic amines is 3. The van der Waals surface area contributed by atoms with Crippen LogP contribution in [0.3, 0.4) is 0 Å². The molecule has 0 fully saturated rings. The van der Waals surface area contributed by atoms with Gasteiger partial charge in [0.05, 0.1) is 107 Å². The molecular weight excluding hydrogens is 2210 g/mol. The maximum atomic E-state index is 11.5. The quantitative estimate of drug-likeness (QED) is 0.0140. The number of H-pyrrole nitrogens is 3. The van der Waals surface area contributed by atoms with Crippen molar-refractivity contribution in [3.05, 3.63) is 255 Å². The number of nitriles is 4. The minimum atomic E-state index is -4.67. The van der Waals surface area contributed by atoms with Gasteiger partial charge in [0.15, 0.2) is 0 Å². The Labute approximate surface area is 786 Å². The number of carbonyl (C=O) groups excluding carboxylic acids is 2. The number of hydrogen-bond donors (Lipinski definition) is 12. The number of nitro groups is 2. The number of nitrogens with one attached hydrogen (secondary N) is 3. The van der Waals surface area contributed by atoms with Crippen LogP contribution in [0.5, 0.6) is 0 Å². The summed E-state index contributed by atoms with van der Waals surface area (Å²) in [5, 5.41) is 62.0. The predicted molar refractivity (Wildman–Crippen MR) is 511 cm³/mol. The number of fused-ring (bicyclic) bond motifs is 7. The normalized spacial score (nSPS) is 10.1. The van der Waals surface area contributed by atoms with Gasteiger partial charge in [0.2, 0.25) is 0 Å². The topological polar surface area (TPSA) is 652 Å². The van der Waals surface area contributed by atoms with Gasteiger partial charge >= 0.3 is 103 Å². The van der Waals surface area contributed by atoms with Crippen LogP contribution in [0, 0.1) is 65.6 Å². The molecule has 56 heteroatoms. The molecule has 0 bridgehead atoms. The Morgan fingerprint density at radius 1 is 0.553 bits per heavy atom. The number of rotatable bonds is 6. The number of anilines is 3. The van der Waals surface area contributed by atoms with Crippen molar-refractivity contribution in [3.63, 3.8) is 0 Å². The monoisotopic (exact) mass is 2240 g/mol. The molecule has 0 atom stereocenters. The van der Waals surface area contributed by atoms with Crippen molar-refractivity contribution in [1.29, 1.82) is 21.0 Å². The van der Waals surface area contributed by atoms with Gasteiger partial charge in [-0.1, -0.05) is 23.7 Å². The summed E-state index contributed by atoms with van der Waals surface area (Å²) < 4.78 is 64.2. The molecule has 0 unspecified atom stereocenters. The summed E-state index contributed by atoms with van der Waals surface area (Å²) >= 11 is 49.6. The molecule has 0 aliphatic rings. The Balaban J connectivity index is 0.000000246. The van der Waals surface area contributed by atoms with Crippen molar-refractivity contribution in [2.45, 2.75) is 0 Å².